The van der Waals surface area contributed by atoms with E-state index >= 15 is 0 Å². The van der Waals surface area contributed by atoms with Crippen LogP contribution in [0.2, 0.25) is 0 Å². The van der Waals surface area contributed by atoms with Gasteiger partial charge in [-0.3, -0.25) is 4.98 Å². The zero-order chi connectivity index (χ0) is 11.0. The van der Waals surface area contributed by atoms with Gasteiger partial charge < -0.3 is 5.32 Å². The van der Waals surface area contributed by atoms with Crippen LogP contribution in [0, 0.1) is 17.8 Å². The van der Waals surface area contributed by atoms with Gasteiger partial charge >= 0.3 is 0 Å². The highest BCUT2D eigenvalue weighted by atomic mass is 32.1. The molecule has 1 aromatic rings. The van der Waals surface area contributed by atoms with Crippen molar-refractivity contribution in [3.8, 4) is 0 Å². The number of allylic oxidation sites excluding steroid dienone is 2. The summed E-state index contributed by atoms with van der Waals surface area (Å²) < 4.78 is 0. The van der Waals surface area contributed by atoms with Gasteiger partial charge in [-0.15, -0.1) is 11.3 Å². The molecule has 0 spiro atoms. The molecule has 2 bridgehead atoms. The molecule has 1 heterocycles. The molecule has 0 aliphatic heterocycles. The first-order valence-corrected chi connectivity index (χ1v) is 7.00. The van der Waals surface area contributed by atoms with Gasteiger partial charge in [0.15, 0.2) is 0 Å². The van der Waals surface area contributed by atoms with Crippen LogP contribution >= 0.6 is 11.3 Å². The van der Waals surface area contributed by atoms with Crippen molar-refractivity contribution in [2.24, 2.45) is 17.8 Å². The Kier molecular flexibility index (Phi) is 2.82. The lowest BCUT2D eigenvalue weighted by atomic mass is 9.87. The maximum atomic E-state index is 4.10. The lowest BCUT2D eigenvalue weighted by molar-refractivity contribution is 0.327. The van der Waals surface area contributed by atoms with Crippen molar-refractivity contribution in [3.05, 3.63) is 28.7 Å². The average molecular weight is 234 g/mol. The SMILES string of the molecule is CC(NCc1cncs1)C1CC2C=CC1C2. The molecule has 0 radical (unpaired) electrons. The van der Waals surface area contributed by atoms with Crippen molar-refractivity contribution in [2.45, 2.75) is 32.4 Å². The molecule has 0 amide bonds. The fraction of sp³-hybridized carbons (Fsp3) is 0.615. The van der Waals surface area contributed by atoms with Crippen molar-refractivity contribution in [1.82, 2.24) is 10.3 Å². The van der Waals surface area contributed by atoms with Crippen molar-refractivity contribution >= 4 is 11.3 Å². The molecular formula is C13H18N2S. The Hall–Kier alpha value is -0.670. The fourth-order valence-corrected chi connectivity index (χ4v) is 3.69. The van der Waals surface area contributed by atoms with Crippen LogP contribution in [0.15, 0.2) is 23.9 Å². The molecule has 2 aliphatic rings. The number of nitrogens with zero attached hydrogens (tertiary/aromatic N) is 1. The zero-order valence-electron chi connectivity index (χ0n) is 9.60. The van der Waals surface area contributed by atoms with Crippen LogP contribution in [-0.2, 0) is 6.54 Å². The fourth-order valence-electron chi connectivity index (χ4n) is 3.14. The van der Waals surface area contributed by atoms with Gasteiger partial charge in [0, 0.05) is 23.7 Å². The Morgan fingerprint density at radius 1 is 1.50 bits per heavy atom. The van der Waals surface area contributed by atoms with Crippen molar-refractivity contribution < 1.29 is 0 Å². The van der Waals surface area contributed by atoms with E-state index in [1.54, 1.807) is 11.3 Å². The third-order valence-electron chi connectivity index (χ3n) is 4.05. The van der Waals surface area contributed by atoms with Gasteiger partial charge in [-0.05, 0) is 37.5 Å². The van der Waals surface area contributed by atoms with E-state index in [0.29, 0.717) is 6.04 Å². The molecule has 4 unspecified atom stereocenters. The first-order valence-electron chi connectivity index (χ1n) is 6.12. The normalized spacial score (nSPS) is 33.4. The number of aromatic nitrogens is 1. The molecule has 1 fully saturated rings. The molecule has 4 atom stereocenters. The summed E-state index contributed by atoms with van der Waals surface area (Å²) in [7, 11) is 0. The number of rotatable bonds is 4. The summed E-state index contributed by atoms with van der Waals surface area (Å²) in [5, 5.41) is 3.65. The van der Waals surface area contributed by atoms with Gasteiger partial charge in [-0.25, -0.2) is 0 Å². The van der Waals surface area contributed by atoms with Gasteiger partial charge in [-0.1, -0.05) is 12.2 Å². The maximum Gasteiger partial charge on any atom is 0.0794 e. The van der Waals surface area contributed by atoms with Crippen LogP contribution in [0.5, 0.6) is 0 Å². The third kappa shape index (κ3) is 1.94. The highest BCUT2D eigenvalue weighted by Gasteiger charge is 2.38. The Labute approximate surface area is 101 Å². The predicted octanol–water partition coefficient (Wildman–Crippen LogP) is 2.83. The Balaban J connectivity index is 1.54. The lowest BCUT2D eigenvalue weighted by Gasteiger charge is -2.26. The van der Waals surface area contributed by atoms with Gasteiger partial charge in [0.05, 0.1) is 5.51 Å². The molecule has 3 rings (SSSR count). The molecule has 0 saturated heterocycles. The smallest absolute Gasteiger partial charge is 0.0794 e. The van der Waals surface area contributed by atoms with E-state index in [9.17, 15) is 0 Å². The minimum atomic E-state index is 0.627. The van der Waals surface area contributed by atoms with Crippen LogP contribution in [0.4, 0.5) is 0 Å². The number of hydrogen-bond acceptors (Lipinski definition) is 3. The number of thiazole rings is 1. The van der Waals surface area contributed by atoms with Gasteiger partial charge in [0.2, 0.25) is 0 Å². The monoisotopic (exact) mass is 234 g/mol. The summed E-state index contributed by atoms with van der Waals surface area (Å²) in [4.78, 5) is 5.44. The van der Waals surface area contributed by atoms with Crippen LogP contribution < -0.4 is 5.32 Å². The molecule has 1 saturated carbocycles. The molecule has 2 aliphatic carbocycles. The molecule has 1 aromatic heterocycles. The summed E-state index contributed by atoms with van der Waals surface area (Å²) in [5.74, 6) is 2.57. The van der Waals surface area contributed by atoms with E-state index in [2.05, 4.69) is 29.4 Å². The summed E-state index contributed by atoms with van der Waals surface area (Å²) in [6, 6.07) is 0.627. The van der Waals surface area contributed by atoms with E-state index in [4.69, 9.17) is 0 Å². The summed E-state index contributed by atoms with van der Waals surface area (Å²) >= 11 is 1.74. The van der Waals surface area contributed by atoms with Crippen LogP contribution in [0.1, 0.15) is 24.6 Å². The largest absolute Gasteiger partial charge is 0.309 e. The second kappa shape index (κ2) is 4.30. The first-order chi connectivity index (χ1) is 7.83. The topological polar surface area (TPSA) is 24.9 Å². The van der Waals surface area contributed by atoms with Crippen molar-refractivity contribution in [1.29, 1.82) is 0 Å². The quantitative estimate of drug-likeness (QED) is 0.810. The average Bonchev–Trinajstić information content (AvgIpc) is 3.01. The molecule has 0 aromatic carbocycles. The predicted molar refractivity (Wildman–Crippen MR) is 67.3 cm³/mol. The second-order valence-electron chi connectivity index (χ2n) is 5.08. The second-order valence-corrected chi connectivity index (χ2v) is 6.05. The number of fused-ring (bicyclic) bond motifs is 2. The highest BCUT2D eigenvalue weighted by molar-refractivity contribution is 7.09. The van der Waals surface area contributed by atoms with Crippen LogP contribution in [-0.4, -0.2) is 11.0 Å². The summed E-state index contributed by atoms with van der Waals surface area (Å²) in [5.41, 5.74) is 1.90. The lowest BCUT2D eigenvalue weighted by Crippen LogP contribution is -2.34. The standard InChI is InChI=1S/C13H18N2S/c1-9(15-7-12-6-14-8-16-12)13-5-10-2-3-11(13)4-10/h2-3,6,8-11,13,15H,4-5,7H2,1H3. The van der Waals surface area contributed by atoms with Gasteiger partial charge in [0.25, 0.3) is 0 Å². The first kappa shape index (κ1) is 10.5. The molecule has 86 valence electrons. The van der Waals surface area contributed by atoms with E-state index in [1.807, 2.05) is 11.7 Å². The van der Waals surface area contributed by atoms with E-state index < -0.39 is 0 Å². The zero-order valence-corrected chi connectivity index (χ0v) is 10.4. The number of nitrogens with one attached hydrogen (secondary N) is 1. The maximum absolute atomic E-state index is 4.10. The molecular weight excluding hydrogens is 216 g/mol. The van der Waals surface area contributed by atoms with Gasteiger partial charge in [0.1, 0.15) is 0 Å². The van der Waals surface area contributed by atoms with E-state index in [0.717, 1.165) is 24.3 Å². The van der Waals surface area contributed by atoms with E-state index in [1.165, 1.54) is 17.7 Å². The Bertz CT molecular complexity index is 371. The number of hydrogen-bond donors (Lipinski definition) is 1. The molecule has 2 nitrogen and oxygen atoms in total. The molecule has 16 heavy (non-hydrogen) atoms. The Morgan fingerprint density at radius 2 is 2.44 bits per heavy atom. The summed E-state index contributed by atoms with van der Waals surface area (Å²) in [6.45, 7) is 3.31. The molecule has 1 N–H and O–H groups in total. The Morgan fingerprint density at radius 3 is 3.06 bits per heavy atom. The summed E-state index contributed by atoms with van der Waals surface area (Å²) in [6.07, 6.45) is 9.60. The van der Waals surface area contributed by atoms with Crippen molar-refractivity contribution in [3.63, 3.8) is 0 Å². The van der Waals surface area contributed by atoms with Crippen LogP contribution in [0.25, 0.3) is 0 Å². The van der Waals surface area contributed by atoms with Crippen molar-refractivity contribution in [2.75, 3.05) is 0 Å². The van der Waals surface area contributed by atoms with Gasteiger partial charge in [-0.2, -0.15) is 0 Å². The minimum Gasteiger partial charge on any atom is -0.309 e. The van der Waals surface area contributed by atoms with Crippen LogP contribution in [0.3, 0.4) is 0 Å². The molecule has 3 heteroatoms. The van der Waals surface area contributed by atoms with E-state index in [-0.39, 0.29) is 0 Å². The third-order valence-corrected chi connectivity index (χ3v) is 4.83. The minimum absolute atomic E-state index is 0.627. The highest BCUT2D eigenvalue weighted by Crippen LogP contribution is 2.44.